The summed E-state index contributed by atoms with van der Waals surface area (Å²) < 4.78 is 4.59. The summed E-state index contributed by atoms with van der Waals surface area (Å²) in [6.45, 7) is 1.12. The van der Waals surface area contributed by atoms with Gasteiger partial charge in [-0.2, -0.15) is 0 Å². The topological polar surface area (TPSA) is 92.9 Å². The van der Waals surface area contributed by atoms with Crippen LogP contribution in [-0.4, -0.2) is 48.1 Å². The van der Waals surface area contributed by atoms with Crippen molar-refractivity contribution in [3.8, 4) is 5.75 Å². The van der Waals surface area contributed by atoms with Crippen LogP contribution in [0.25, 0.3) is 0 Å². The van der Waals surface area contributed by atoms with Crippen LogP contribution in [0.4, 0.5) is 0 Å². The molecule has 1 atom stereocenters. The third-order valence-corrected chi connectivity index (χ3v) is 3.33. The molecule has 2 rings (SSSR count). The number of phenolic OH excluding ortho intramolecular Hbond substituents is 1. The van der Waals surface area contributed by atoms with E-state index in [9.17, 15) is 14.7 Å². The molecule has 0 saturated carbocycles. The second kappa shape index (κ2) is 5.92. The molecule has 0 bridgehead atoms. The number of aromatic hydroxyl groups is 1. The second-order valence-corrected chi connectivity index (χ2v) is 4.91. The number of esters is 1. The first kappa shape index (κ1) is 14.3. The lowest BCUT2D eigenvalue weighted by Crippen LogP contribution is -2.45. The zero-order chi connectivity index (χ0) is 14.7. The molecule has 3 N–H and O–H groups in total. The predicted octanol–water partition coefficient (Wildman–Crippen LogP) is 0.742. The fraction of sp³-hybridized carbons (Fsp3) is 0.429. The van der Waals surface area contributed by atoms with Crippen molar-refractivity contribution in [3.05, 3.63) is 29.3 Å². The number of ether oxygens (including phenoxy) is 1. The monoisotopic (exact) mass is 278 g/mol. The van der Waals surface area contributed by atoms with E-state index in [4.69, 9.17) is 5.73 Å². The number of nitrogens with zero attached hydrogens (tertiary/aromatic N) is 1. The summed E-state index contributed by atoms with van der Waals surface area (Å²) in [5, 5.41) is 9.63. The van der Waals surface area contributed by atoms with Gasteiger partial charge >= 0.3 is 5.97 Å². The highest BCUT2D eigenvalue weighted by Crippen LogP contribution is 2.19. The van der Waals surface area contributed by atoms with Gasteiger partial charge in [0.1, 0.15) is 5.75 Å². The molecule has 1 heterocycles. The highest BCUT2D eigenvalue weighted by Gasteiger charge is 2.23. The van der Waals surface area contributed by atoms with Crippen molar-refractivity contribution in [2.75, 3.05) is 20.2 Å². The lowest BCUT2D eigenvalue weighted by atomic mass is 10.0. The molecule has 1 fully saturated rings. The lowest BCUT2D eigenvalue weighted by molar-refractivity contribution is 0.0600. The molecule has 6 nitrogen and oxygen atoms in total. The Kier molecular flexibility index (Phi) is 4.24. The standard InChI is InChI=1S/C14H18N2O4/c1-20-14(19)10-5-9(6-12(17)7-10)13(18)16-4-2-3-11(15)8-16/h5-7,11,17H,2-4,8,15H2,1H3/t11-/m1/s1. The summed E-state index contributed by atoms with van der Waals surface area (Å²) in [6.07, 6.45) is 1.76. The van der Waals surface area contributed by atoms with Crippen molar-refractivity contribution in [2.45, 2.75) is 18.9 Å². The molecule has 0 aliphatic carbocycles. The number of hydrogen-bond donors (Lipinski definition) is 2. The Morgan fingerprint density at radius 3 is 2.70 bits per heavy atom. The van der Waals surface area contributed by atoms with Gasteiger partial charge in [-0.3, -0.25) is 4.79 Å². The number of piperidine rings is 1. The first-order valence-corrected chi connectivity index (χ1v) is 6.48. The maximum atomic E-state index is 12.4. The zero-order valence-electron chi connectivity index (χ0n) is 11.3. The van der Waals surface area contributed by atoms with Gasteiger partial charge in [-0.1, -0.05) is 0 Å². The van der Waals surface area contributed by atoms with Crippen molar-refractivity contribution in [1.82, 2.24) is 4.90 Å². The molecule has 0 radical (unpaired) electrons. The van der Waals surface area contributed by atoms with Gasteiger partial charge in [0, 0.05) is 24.7 Å². The molecule has 6 heteroatoms. The van der Waals surface area contributed by atoms with E-state index in [-0.39, 0.29) is 28.8 Å². The molecule has 1 amide bonds. The van der Waals surface area contributed by atoms with E-state index >= 15 is 0 Å². The molecule has 0 aromatic heterocycles. The van der Waals surface area contributed by atoms with Gasteiger partial charge in [-0.05, 0) is 31.0 Å². The zero-order valence-corrected chi connectivity index (χ0v) is 11.3. The molecular weight excluding hydrogens is 260 g/mol. The van der Waals surface area contributed by atoms with E-state index in [1.165, 1.54) is 25.3 Å². The van der Waals surface area contributed by atoms with Crippen LogP contribution in [0.5, 0.6) is 5.75 Å². The Bertz CT molecular complexity index is 530. The van der Waals surface area contributed by atoms with Crippen LogP contribution in [0, 0.1) is 0 Å². The summed E-state index contributed by atoms with van der Waals surface area (Å²) in [4.78, 5) is 25.5. The lowest BCUT2D eigenvalue weighted by Gasteiger charge is -2.30. The minimum absolute atomic E-state index is 0.0231. The number of amides is 1. The predicted molar refractivity (Wildman–Crippen MR) is 72.6 cm³/mol. The quantitative estimate of drug-likeness (QED) is 0.778. The van der Waals surface area contributed by atoms with Gasteiger partial charge < -0.3 is 20.5 Å². The van der Waals surface area contributed by atoms with Crippen LogP contribution < -0.4 is 5.73 Å². The Morgan fingerprint density at radius 2 is 2.05 bits per heavy atom. The summed E-state index contributed by atoms with van der Waals surface area (Å²) in [7, 11) is 1.25. The number of likely N-dealkylation sites (tertiary alicyclic amines) is 1. The van der Waals surface area contributed by atoms with Crippen LogP contribution in [-0.2, 0) is 4.74 Å². The van der Waals surface area contributed by atoms with Crippen LogP contribution in [0.2, 0.25) is 0 Å². The largest absolute Gasteiger partial charge is 0.508 e. The SMILES string of the molecule is COC(=O)c1cc(O)cc(C(=O)N2CCC[C@@H](N)C2)c1. The number of benzene rings is 1. The summed E-state index contributed by atoms with van der Waals surface area (Å²) >= 11 is 0. The summed E-state index contributed by atoms with van der Waals surface area (Å²) in [5.41, 5.74) is 6.27. The smallest absolute Gasteiger partial charge is 0.338 e. The third kappa shape index (κ3) is 3.08. The minimum Gasteiger partial charge on any atom is -0.508 e. The van der Waals surface area contributed by atoms with Crippen molar-refractivity contribution >= 4 is 11.9 Å². The van der Waals surface area contributed by atoms with Crippen molar-refractivity contribution in [2.24, 2.45) is 5.73 Å². The van der Waals surface area contributed by atoms with Crippen LogP contribution in [0.15, 0.2) is 18.2 Å². The van der Waals surface area contributed by atoms with Crippen molar-refractivity contribution in [3.63, 3.8) is 0 Å². The maximum absolute atomic E-state index is 12.4. The molecule has 1 aliphatic heterocycles. The molecule has 0 spiro atoms. The second-order valence-electron chi connectivity index (χ2n) is 4.91. The fourth-order valence-corrected chi connectivity index (χ4v) is 2.35. The Balaban J connectivity index is 2.25. The van der Waals surface area contributed by atoms with E-state index in [1.807, 2.05) is 0 Å². The van der Waals surface area contributed by atoms with Crippen molar-refractivity contribution in [1.29, 1.82) is 0 Å². The molecule has 1 aromatic carbocycles. The van der Waals surface area contributed by atoms with Crippen LogP contribution in [0.1, 0.15) is 33.6 Å². The van der Waals surface area contributed by atoms with Gasteiger partial charge in [-0.15, -0.1) is 0 Å². The van der Waals surface area contributed by atoms with Crippen molar-refractivity contribution < 1.29 is 19.4 Å². The number of phenols is 1. The maximum Gasteiger partial charge on any atom is 0.338 e. The van der Waals surface area contributed by atoms with E-state index < -0.39 is 5.97 Å². The van der Waals surface area contributed by atoms with E-state index in [1.54, 1.807) is 4.90 Å². The van der Waals surface area contributed by atoms with Gasteiger partial charge in [0.05, 0.1) is 12.7 Å². The number of hydrogen-bond acceptors (Lipinski definition) is 5. The normalized spacial score (nSPS) is 18.7. The van der Waals surface area contributed by atoms with Crippen LogP contribution >= 0.6 is 0 Å². The Labute approximate surface area is 117 Å². The average Bonchev–Trinajstić information content (AvgIpc) is 2.45. The number of methoxy groups -OCH3 is 1. The summed E-state index contributed by atoms with van der Waals surface area (Å²) in [6, 6.07) is 4.01. The summed E-state index contributed by atoms with van der Waals surface area (Å²) in [5.74, 6) is -0.968. The van der Waals surface area contributed by atoms with Gasteiger partial charge in [0.15, 0.2) is 0 Å². The number of carbonyl (C=O) groups excluding carboxylic acids is 2. The highest BCUT2D eigenvalue weighted by atomic mass is 16.5. The first-order valence-electron chi connectivity index (χ1n) is 6.48. The van der Waals surface area contributed by atoms with Gasteiger partial charge in [0.25, 0.3) is 5.91 Å². The Morgan fingerprint density at radius 1 is 1.35 bits per heavy atom. The first-order chi connectivity index (χ1) is 9.51. The number of carbonyl (C=O) groups is 2. The van der Waals surface area contributed by atoms with Crippen LogP contribution in [0.3, 0.4) is 0 Å². The van der Waals surface area contributed by atoms with E-state index in [2.05, 4.69) is 4.74 Å². The van der Waals surface area contributed by atoms with Gasteiger partial charge in [-0.25, -0.2) is 4.79 Å². The third-order valence-electron chi connectivity index (χ3n) is 3.33. The minimum atomic E-state index is -0.592. The van der Waals surface area contributed by atoms with E-state index in [0.29, 0.717) is 13.1 Å². The molecule has 1 saturated heterocycles. The molecule has 1 aliphatic rings. The highest BCUT2D eigenvalue weighted by molar-refractivity contribution is 5.98. The average molecular weight is 278 g/mol. The molecular formula is C14H18N2O4. The number of rotatable bonds is 2. The molecule has 20 heavy (non-hydrogen) atoms. The van der Waals surface area contributed by atoms with E-state index in [0.717, 1.165) is 12.8 Å². The molecule has 108 valence electrons. The van der Waals surface area contributed by atoms with Gasteiger partial charge in [0.2, 0.25) is 0 Å². The number of nitrogens with two attached hydrogens (primary N) is 1. The Hall–Kier alpha value is -2.08. The molecule has 0 unspecified atom stereocenters. The fourth-order valence-electron chi connectivity index (χ4n) is 2.35. The molecule has 1 aromatic rings.